The molecule has 2 aliphatic heterocycles. The number of aromatic amines is 2. The van der Waals surface area contributed by atoms with Crippen molar-refractivity contribution in [1.82, 2.24) is 19.9 Å². The van der Waals surface area contributed by atoms with E-state index in [9.17, 15) is 0 Å². The quantitative estimate of drug-likeness (QED) is 0.301. The molecule has 4 nitrogen and oxygen atoms in total. The van der Waals surface area contributed by atoms with Gasteiger partial charge in [-0.2, -0.15) is 0 Å². The van der Waals surface area contributed by atoms with E-state index in [1.165, 1.54) is 0 Å². The summed E-state index contributed by atoms with van der Waals surface area (Å²) >= 11 is 0. The molecular weight excluding hydrogens is 505 g/mol. The zero-order valence-corrected chi connectivity index (χ0v) is 16.7. The van der Waals surface area contributed by atoms with Crippen LogP contribution >= 0.6 is 0 Å². The molecule has 0 unspecified atom stereocenters. The molecule has 5 heteroatoms. The summed E-state index contributed by atoms with van der Waals surface area (Å²) in [6.45, 7) is 0. The number of nitrogens with zero attached hydrogens (tertiary/aromatic N) is 2. The predicted molar refractivity (Wildman–Crippen MR) is 105 cm³/mol. The number of hydrogen-bond donors (Lipinski definition) is 2. The Morgan fingerprint density at radius 2 is 0.840 bits per heavy atom. The van der Waals surface area contributed by atoms with E-state index in [4.69, 9.17) is 0 Å². The summed E-state index contributed by atoms with van der Waals surface area (Å²) in [4.78, 5) is 16.0. The maximum atomic E-state index is 4.62. The van der Waals surface area contributed by atoms with Gasteiger partial charge in [-0.3, -0.25) is 0 Å². The van der Waals surface area contributed by atoms with Gasteiger partial charge in [0.05, 0.1) is 22.8 Å². The Balaban J connectivity index is 0.00000157. The van der Waals surface area contributed by atoms with Crippen LogP contribution in [0, 0.1) is 0 Å². The molecule has 2 radical (unpaired) electrons. The summed E-state index contributed by atoms with van der Waals surface area (Å²) < 4.78 is 0. The summed E-state index contributed by atoms with van der Waals surface area (Å²) in [5, 5.41) is 0. The van der Waals surface area contributed by atoms with Gasteiger partial charge in [0.2, 0.25) is 0 Å². The van der Waals surface area contributed by atoms with Gasteiger partial charge in [-0.05, 0) is 72.8 Å². The smallest absolute Gasteiger partial charge is 0.355 e. The van der Waals surface area contributed by atoms with Gasteiger partial charge in [0.15, 0.2) is 0 Å². The van der Waals surface area contributed by atoms with Crippen molar-refractivity contribution < 1.29 is 0 Å². The largest absolute Gasteiger partial charge is 3.00 e. The minimum Gasteiger partial charge on any atom is -0.355 e. The fourth-order valence-electron chi connectivity index (χ4n) is 2.94. The topological polar surface area (TPSA) is 57.4 Å². The normalized spacial score (nSPS) is 12.2. The first kappa shape index (κ1) is 16.0. The minimum atomic E-state index is 0. The van der Waals surface area contributed by atoms with Crippen molar-refractivity contribution in [2.24, 2.45) is 0 Å². The molecule has 3 aromatic rings. The summed E-state index contributed by atoms with van der Waals surface area (Å²) in [5.41, 5.74) is 7.86. The van der Waals surface area contributed by atoms with Crippen LogP contribution in [0.2, 0.25) is 0 Å². The summed E-state index contributed by atoms with van der Waals surface area (Å²) in [6.07, 6.45) is 8.05. The van der Waals surface area contributed by atoms with Gasteiger partial charge in [-0.25, -0.2) is 9.97 Å². The molecule has 5 heterocycles. The van der Waals surface area contributed by atoms with Crippen LogP contribution in [0.15, 0.2) is 48.5 Å². The summed E-state index contributed by atoms with van der Waals surface area (Å²) in [5.74, 6) is 0. The van der Waals surface area contributed by atoms with Gasteiger partial charge in [0.1, 0.15) is 0 Å². The van der Waals surface area contributed by atoms with Crippen molar-refractivity contribution in [2.75, 3.05) is 0 Å². The first-order valence-corrected chi connectivity index (χ1v) is 7.85. The van der Waals surface area contributed by atoms with E-state index in [1.54, 1.807) is 0 Å². The van der Waals surface area contributed by atoms with E-state index in [1.807, 2.05) is 42.5 Å². The fourth-order valence-corrected chi connectivity index (χ4v) is 2.94. The second-order valence-electron chi connectivity index (χ2n) is 5.91. The van der Waals surface area contributed by atoms with E-state index >= 15 is 0 Å². The monoisotopic (exact) mass is 519 g/mol. The second-order valence-corrected chi connectivity index (χ2v) is 5.91. The summed E-state index contributed by atoms with van der Waals surface area (Å²) in [6, 6.07) is 16.4. The van der Waals surface area contributed by atoms with E-state index in [0.29, 0.717) is 0 Å². The molecule has 2 aliphatic rings. The van der Waals surface area contributed by atoms with Crippen LogP contribution in [0.5, 0.6) is 0 Å². The van der Waals surface area contributed by atoms with Crippen molar-refractivity contribution in [3.8, 4) is 0 Å². The molecule has 0 fully saturated rings. The third-order valence-corrected chi connectivity index (χ3v) is 4.04. The molecule has 3 aromatic heterocycles. The van der Waals surface area contributed by atoms with Crippen LogP contribution in [-0.2, 0) is 0 Å². The molecule has 8 bridgehead atoms. The number of fused-ring (bicyclic) bond motifs is 8. The van der Waals surface area contributed by atoms with Gasteiger partial charge in [0, 0.05) is 22.1 Å². The van der Waals surface area contributed by atoms with Crippen molar-refractivity contribution >= 4 is 72.6 Å². The van der Waals surface area contributed by atoms with Gasteiger partial charge < -0.3 is 9.97 Å². The Morgan fingerprint density at radius 3 is 1.28 bits per heavy atom. The van der Waals surface area contributed by atoms with E-state index in [-0.39, 0.29) is 26.2 Å². The Labute approximate surface area is 163 Å². The molecule has 2 N–H and O–H groups in total. The van der Waals surface area contributed by atoms with Crippen molar-refractivity contribution in [3.63, 3.8) is 0 Å². The molecule has 0 aliphatic carbocycles. The standard InChI is InChI=1S/C20H14N4.Bi/c1-2-14-10-16-5-6-18(23-16)12-20-8-7-19(24-20)11-17-4-3-15(22-17)9-13(1)21-14;/h1-12,21-22H;/q;+3. The molecule has 5 rings (SSSR count). The molecule has 0 saturated carbocycles. The average molecular weight is 519 g/mol. The van der Waals surface area contributed by atoms with Crippen molar-refractivity contribution in [1.29, 1.82) is 0 Å². The first-order chi connectivity index (χ1) is 11.8. The molecule has 0 spiro atoms. The number of aromatic nitrogens is 4. The number of rotatable bonds is 0. The summed E-state index contributed by atoms with van der Waals surface area (Å²) in [7, 11) is 0. The van der Waals surface area contributed by atoms with E-state index < -0.39 is 0 Å². The minimum absolute atomic E-state index is 0. The third kappa shape index (κ3) is 3.33. The molecule has 116 valence electrons. The Kier molecular flexibility index (Phi) is 4.10. The number of nitrogens with one attached hydrogen (secondary N) is 2. The Bertz CT molecular complexity index is 1080. The van der Waals surface area contributed by atoms with Crippen molar-refractivity contribution in [2.45, 2.75) is 0 Å². The number of H-pyrrole nitrogens is 2. The second kappa shape index (κ2) is 6.42. The predicted octanol–water partition coefficient (Wildman–Crippen LogP) is 4.27. The number of hydrogen-bond acceptors (Lipinski definition) is 2. The Hall–Kier alpha value is -2.52. The zero-order valence-electron chi connectivity index (χ0n) is 13.3. The first-order valence-electron chi connectivity index (χ1n) is 7.85. The van der Waals surface area contributed by atoms with Gasteiger partial charge >= 0.3 is 26.2 Å². The Morgan fingerprint density at radius 1 is 0.480 bits per heavy atom. The van der Waals surface area contributed by atoms with Crippen LogP contribution in [0.1, 0.15) is 22.8 Å². The molecule has 0 aromatic carbocycles. The third-order valence-electron chi connectivity index (χ3n) is 4.04. The van der Waals surface area contributed by atoms with Gasteiger partial charge in [-0.15, -0.1) is 0 Å². The maximum absolute atomic E-state index is 4.62. The average Bonchev–Trinajstić information content (AvgIpc) is 3.32. The zero-order chi connectivity index (χ0) is 15.9. The van der Waals surface area contributed by atoms with Crippen molar-refractivity contribution in [3.05, 3.63) is 71.3 Å². The van der Waals surface area contributed by atoms with Crippen LogP contribution in [0.25, 0.3) is 46.4 Å². The van der Waals surface area contributed by atoms with Gasteiger partial charge in [-0.1, -0.05) is 0 Å². The molecular formula is C20H14BiN4+3. The maximum Gasteiger partial charge on any atom is 3.00 e. The molecule has 0 atom stereocenters. The molecule has 25 heavy (non-hydrogen) atoms. The molecule has 0 saturated heterocycles. The van der Waals surface area contributed by atoms with Crippen LogP contribution in [0.4, 0.5) is 0 Å². The van der Waals surface area contributed by atoms with E-state index in [2.05, 4.69) is 50.3 Å². The van der Waals surface area contributed by atoms with Crippen LogP contribution < -0.4 is 0 Å². The van der Waals surface area contributed by atoms with Crippen LogP contribution in [0.3, 0.4) is 0 Å². The SMILES string of the molecule is C1=Cc2cc3ccc(cc4ccc(cc5nc(cc1n2)C=C5)[nH]4)[nH]3.[Bi+3]. The van der Waals surface area contributed by atoms with E-state index in [0.717, 1.165) is 44.8 Å². The van der Waals surface area contributed by atoms with Gasteiger partial charge in [0.25, 0.3) is 0 Å². The van der Waals surface area contributed by atoms with Crippen LogP contribution in [-0.4, -0.2) is 46.1 Å². The molecule has 0 amide bonds. The fraction of sp³-hybridized carbons (Fsp3) is 0.